The molecule has 0 aromatic carbocycles. The van der Waals surface area contributed by atoms with Crippen molar-refractivity contribution in [1.29, 1.82) is 0 Å². The summed E-state index contributed by atoms with van der Waals surface area (Å²) < 4.78 is 25.9. The van der Waals surface area contributed by atoms with Crippen LogP contribution in [0.3, 0.4) is 0 Å². The number of nitrogens with two attached hydrogens (primary N) is 1. The molecule has 6 N–H and O–H groups in total. The summed E-state index contributed by atoms with van der Waals surface area (Å²) in [6.45, 7) is 5.11. The Morgan fingerprint density at radius 3 is 2.36 bits per heavy atom. The number of imidazole rings is 2. The van der Waals surface area contributed by atoms with Gasteiger partial charge in [0.05, 0.1) is 57.7 Å². The highest BCUT2D eigenvalue weighted by Gasteiger charge is 2.27. The zero-order valence-corrected chi connectivity index (χ0v) is 30.8. The van der Waals surface area contributed by atoms with Gasteiger partial charge >= 0.3 is 17.6 Å². The van der Waals surface area contributed by atoms with Crippen LogP contribution in [0.15, 0.2) is 57.9 Å². The average Bonchev–Trinajstić information content (AvgIpc) is 4.00. The number of aryl methyl sites for hydroxylation is 2. The lowest BCUT2D eigenvalue weighted by atomic mass is 10.1. The molecular weight excluding hydrogens is 738 g/mol. The minimum absolute atomic E-state index is 0.0111. The van der Waals surface area contributed by atoms with E-state index in [4.69, 9.17) is 34.9 Å². The van der Waals surface area contributed by atoms with Crippen molar-refractivity contribution < 1.29 is 38.7 Å². The Bertz CT molecular complexity index is 2310. The van der Waals surface area contributed by atoms with E-state index in [0.717, 1.165) is 12.8 Å². The predicted molar refractivity (Wildman–Crippen MR) is 196 cm³/mol. The number of fused-ring (bicyclic) bond motifs is 2. The third-order valence-corrected chi connectivity index (χ3v) is 8.57. The summed E-state index contributed by atoms with van der Waals surface area (Å²) in [7, 11) is 0. The summed E-state index contributed by atoms with van der Waals surface area (Å²) in [5, 5.41) is 17.9. The summed E-state index contributed by atoms with van der Waals surface area (Å²) in [5.74, 6) is -0.673. The normalized spacial score (nSPS) is 18.8. The van der Waals surface area contributed by atoms with Crippen LogP contribution in [0, 0.1) is 12.8 Å². The van der Waals surface area contributed by atoms with Crippen LogP contribution in [0.5, 0.6) is 0 Å². The molecule has 0 aliphatic carbocycles. The molecule has 1 saturated heterocycles. The monoisotopic (exact) mass is 781 g/mol. The van der Waals surface area contributed by atoms with Crippen LogP contribution >= 0.6 is 0 Å². The first-order valence-corrected chi connectivity index (χ1v) is 17.5. The average molecular weight is 782 g/mol. The van der Waals surface area contributed by atoms with Crippen molar-refractivity contribution >= 4 is 40.2 Å². The maximum absolute atomic E-state index is 11.5. The number of aliphatic hydroxyl groups is 2. The Hall–Kier alpha value is -6.10. The number of nitrogens with zero attached hydrogens (tertiary/aromatic N) is 8. The molecule has 0 radical (unpaired) electrons. The van der Waals surface area contributed by atoms with Crippen LogP contribution < -0.4 is 22.5 Å². The van der Waals surface area contributed by atoms with E-state index in [2.05, 4.69) is 34.9 Å². The first kappa shape index (κ1) is 41.1. The zero-order chi connectivity index (χ0) is 40.4. The molecule has 7 rings (SSSR count). The van der Waals surface area contributed by atoms with Crippen LogP contribution in [0.4, 0.5) is 5.95 Å². The molecule has 0 unspecified atom stereocenters. The van der Waals surface area contributed by atoms with E-state index >= 15 is 0 Å². The van der Waals surface area contributed by atoms with E-state index in [1.807, 2.05) is 4.57 Å². The number of aromatic nitrogens is 10. The van der Waals surface area contributed by atoms with Gasteiger partial charge in [0, 0.05) is 38.1 Å². The van der Waals surface area contributed by atoms with E-state index in [9.17, 15) is 24.0 Å². The fourth-order valence-electron chi connectivity index (χ4n) is 5.66. The summed E-state index contributed by atoms with van der Waals surface area (Å²) in [6, 6.07) is 0. The Morgan fingerprint density at radius 1 is 0.946 bits per heavy atom. The molecule has 300 valence electrons. The molecule has 5 aromatic heterocycles. The number of ether oxygens (including phenoxy) is 4. The van der Waals surface area contributed by atoms with E-state index in [1.54, 1.807) is 42.5 Å². The highest BCUT2D eigenvalue weighted by atomic mass is 16.5. The molecule has 5 aromatic rings. The van der Waals surface area contributed by atoms with Crippen molar-refractivity contribution in [2.75, 3.05) is 32.2 Å². The van der Waals surface area contributed by atoms with E-state index in [0.29, 0.717) is 40.9 Å². The molecule has 0 spiro atoms. The molecule has 1 fully saturated rings. The molecule has 0 bridgehead atoms. The number of carbonyl (C=O) groups is 2. The topological polar surface area (TPSA) is 300 Å². The number of hydrogen-bond acceptors (Lipinski definition) is 17. The Morgan fingerprint density at radius 2 is 1.70 bits per heavy atom. The van der Waals surface area contributed by atoms with Crippen molar-refractivity contribution in [3.8, 4) is 0 Å². The number of aliphatic hydroxyl groups excluding tert-OH is 2. The van der Waals surface area contributed by atoms with Crippen molar-refractivity contribution in [2.45, 2.75) is 71.2 Å². The molecule has 2 aliphatic heterocycles. The van der Waals surface area contributed by atoms with Gasteiger partial charge in [-0.15, -0.1) is 0 Å². The van der Waals surface area contributed by atoms with Gasteiger partial charge in [-0.05, 0) is 32.3 Å². The molecule has 0 saturated carbocycles. The first-order valence-electron chi connectivity index (χ1n) is 17.5. The lowest BCUT2D eigenvalue weighted by Gasteiger charge is -2.16. The molecule has 0 amide bonds. The van der Waals surface area contributed by atoms with Gasteiger partial charge in [0.2, 0.25) is 5.95 Å². The number of hydrogen-bond donors (Lipinski definition) is 5. The number of carbonyl (C=O) groups excluding carboxylic acids is 2. The van der Waals surface area contributed by atoms with Crippen molar-refractivity contribution in [2.24, 2.45) is 5.92 Å². The fraction of sp³-hybridized carbons (Fsp3) is 0.471. The highest BCUT2D eigenvalue weighted by Crippen LogP contribution is 2.29. The van der Waals surface area contributed by atoms with Gasteiger partial charge in [-0.3, -0.25) is 33.3 Å². The highest BCUT2D eigenvalue weighted by molar-refractivity contribution is 5.70. The summed E-state index contributed by atoms with van der Waals surface area (Å²) in [4.78, 5) is 81.1. The second-order valence-electron chi connectivity index (χ2n) is 12.8. The van der Waals surface area contributed by atoms with Crippen LogP contribution in [-0.4, -0.2) is 109 Å². The molecule has 22 nitrogen and oxygen atoms in total. The summed E-state index contributed by atoms with van der Waals surface area (Å²) >= 11 is 0. The quantitative estimate of drug-likeness (QED) is 0.0843. The van der Waals surface area contributed by atoms with Crippen molar-refractivity contribution in [1.82, 2.24) is 48.6 Å². The smallest absolute Gasteiger partial charge is 0.330 e. The Labute approximate surface area is 317 Å². The van der Waals surface area contributed by atoms with Crippen molar-refractivity contribution in [3.63, 3.8) is 0 Å². The lowest BCUT2D eigenvalue weighted by Crippen LogP contribution is -2.33. The van der Waals surface area contributed by atoms with Gasteiger partial charge < -0.3 is 44.4 Å². The van der Waals surface area contributed by atoms with E-state index in [1.165, 1.54) is 30.9 Å². The number of nitrogen functional groups attached to an aromatic ring is 1. The molecule has 7 heterocycles. The molecule has 22 heteroatoms. The number of H-pyrrole nitrogens is 2. The number of esters is 2. The number of aromatic amines is 2. The molecular formula is C34H43N11O11. The van der Waals surface area contributed by atoms with Crippen LogP contribution in [-0.2, 0) is 35.1 Å². The molecule has 4 atom stereocenters. The second kappa shape index (κ2) is 19.0. The van der Waals surface area contributed by atoms with Gasteiger partial charge in [0.25, 0.3) is 11.1 Å². The van der Waals surface area contributed by atoms with Crippen LogP contribution in [0.25, 0.3) is 22.3 Å². The standard InChI is InChI=1S/C14H19N5O4.C10H12N4O3.C10H12N2O4/c1-9(20)22-6-11(7-23-10(2)21)3-4-19-8-17-12-5-16-14(15)18-13(12)19;15-3-6-1-2-7(17-6)14-5-13-8-9(14)11-4-12-10(8)16;1-6-4-12(10(15)11-9(6)14)8-3-2-7(5-13)16-8/h5,8,11H,3-4,6-7H2,1-2H3,(H2,15,16,18);4-7,15H,1-3H2,(H,11,12,16);2-4,7-8,13H,5H2,1H3,(H,11,14,15)/t;6-,7+;7-,8+/m.00/s1. The largest absolute Gasteiger partial charge is 0.465 e. The minimum atomic E-state index is -0.569. The Balaban J connectivity index is 0.000000164. The van der Waals surface area contributed by atoms with Crippen molar-refractivity contribution in [3.05, 3.63) is 80.3 Å². The van der Waals surface area contributed by atoms with E-state index in [-0.39, 0.29) is 68.1 Å². The van der Waals surface area contributed by atoms with Gasteiger partial charge in [0.15, 0.2) is 23.0 Å². The minimum Gasteiger partial charge on any atom is -0.465 e. The fourth-order valence-corrected chi connectivity index (χ4v) is 5.66. The summed E-state index contributed by atoms with van der Waals surface area (Å²) in [6.07, 6.45) is 11.8. The maximum atomic E-state index is 11.5. The van der Waals surface area contributed by atoms with Crippen LogP contribution in [0.1, 0.15) is 51.1 Å². The maximum Gasteiger partial charge on any atom is 0.330 e. The number of anilines is 1. The SMILES string of the molecule is CC(=O)OCC(CCn1cnc2cnc(N)nc21)COC(C)=O.Cc1cn([C@H]2C=C[C@@H](CO)O2)c(=O)[nH]c1=O.O=c1[nH]cnc2c1ncn2[C@H]1CC[C@@H](CO)O1. The number of rotatable bonds is 11. The zero-order valence-electron chi connectivity index (χ0n) is 30.8. The lowest BCUT2D eigenvalue weighted by molar-refractivity contribution is -0.146. The third kappa shape index (κ3) is 10.6. The molecule has 2 aliphatic rings. The van der Waals surface area contributed by atoms with E-state index < -0.39 is 23.6 Å². The predicted octanol–water partition coefficient (Wildman–Crippen LogP) is -0.379. The van der Waals surface area contributed by atoms with Gasteiger partial charge in [0.1, 0.15) is 17.8 Å². The van der Waals surface area contributed by atoms with Crippen LogP contribution in [0.2, 0.25) is 0 Å². The molecule has 56 heavy (non-hydrogen) atoms. The summed E-state index contributed by atoms with van der Waals surface area (Å²) in [5.41, 5.74) is 6.95. The van der Waals surface area contributed by atoms with Gasteiger partial charge in [-0.1, -0.05) is 6.08 Å². The second-order valence-corrected chi connectivity index (χ2v) is 12.8. The number of nitrogens with one attached hydrogen (secondary N) is 2. The van der Waals surface area contributed by atoms with Gasteiger partial charge in [-0.25, -0.2) is 24.7 Å². The third-order valence-electron chi connectivity index (χ3n) is 8.57. The first-order chi connectivity index (χ1) is 26.9. The van der Waals surface area contributed by atoms with Gasteiger partial charge in [-0.2, -0.15) is 4.98 Å². The Kier molecular flexibility index (Phi) is 13.9.